The van der Waals surface area contributed by atoms with Crippen LogP contribution in [0.5, 0.6) is 11.5 Å². The van der Waals surface area contributed by atoms with Crippen LogP contribution >= 0.6 is 11.8 Å². The number of pyridine rings is 1. The maximum absolute atomic E-state index is 12.1. The summed E-state index contributed by atoms with van der Waals surface area (Å²) in [5, 5.41) is 3.83. The number of rotatable bonds is 5. The average Bonchev–Trinajstić information content (AvgIpc) is 2.60. The molecule has 1 aromatic carbocycles. The fourth-order valence-electron chi connectivity index (χ4n) is 2.27. The molecule has 0 saturated carbocycles. The van der Waals surface area contributed by atoms with Crippen molar-refractivity contribution in [2.45, 2.75) is 18.0 Å². The summed E-state index contributed by atoms with van der Waals surface area (Å²) in [6.45, 7) is 3.08. The van der Waals surface area contributed by atoms with Gasteiger partial charge in [0.05, 0.1) is 16.8 Å². The second kappa shape index (κ2) is 7.37. The lowest BCUT2D eigenvalue weighted by Crippen LogP contribution is -2.28. The van der Waals surface area contributed by atoms with Gasteiger partial charge in [-0.05, 0) is 36.8 Å². The van der Waals surface area contributed by atoms with Gasteiger partial charge in [0.1, 0.15) is 13.2 Å². The van der Waals surface area contributed by atoms with Gasteiger partial charge in [0.2, 0.25) is 5.91 Å². The summed E-state index contributed by atoms with van der Waals surface area (Å²) in [7, 11) is 0. The maximum Gasteiger partial charge on any atom is 0.230 e. The second-order valence-electron chi connectivity index (χ2n) is 5.15. The standard InChI is InChI=1S/C17H18N2O3S/c1-12(13-5-6-14-15(10-13)22-9-8-21-14)19-16(20)11-23-17-4-2-3-7-18-17/h2-7,10,12H,8-9,11H2,1H3,(H,19,20). The fourth-order valence-corrected chi connectivity index (χ4v) is 2.94. The van der Waals surface area contributed by atoms with Crippen molar-refractivity contribution in [3.63, 3.8) is 0 Å². The summed E-state index contributed by atoms with van der Waals surface area (Å²) in [5.41, 5.74) is 0.991. The molecule has 0 aliphatic carbocycles. The normalized spacial score (nSPS) is 14.1. The minimum atomic E-state index is -0.0948. The van der Waals surface area contributed by atoms with Crippen molar-refractivity contribution in [2.75, 3.05) is 19.0 Å². The molecule has 120 valence electrons. The quantitative estimate of drug-likeness (QED) is 0.854. The lowest BCUT2D eigenvalue weighted by atomic mass is 10.1. The molecule has 6 heteroatoms. The van der Waals surface area contributed by atoms with E-state index in [2.05, 4.69) is 10.3 Å². The number of ether oxygens (including phenoxy) is 2. The van der Waals surface area contributed by atoms with Gasteiger partial charge in [0.15, 0.2) is 11.5 Å². The molecule has 0 radical (unpaired) electrons. The number of nitrogens with zero attached hydrogens (tertiary/aromatic N) is 1. The van der Waals surface area contributed by atoms with Crippen molar-refractivity contribution in [1.29, 1.82) is 0 Å². The van der Waals surface area contributed by atoms with Crippen LogP contribution in [0.25, 0.3) is 0 Å². The van der Waals surface area contributed by atoms with E-state index < -0.39 is 0 Å². The molecule has 0 bridgehead atoms. The molecule has 1 N–H and O–H groups in total. The number of thioether (sulfide) groups is 1. The van der Waals surface area contributed by atoms with E-state index in [-0.39, 0.29) is 11.9 Å². The Balaban J connectivity index is 1.56. The lowest BCUT2D eigenvalue weighted by Gasteiger charge is -2.21. The van der Waals surface area contributed by atoms with Crippen LogP contribution in [0.1, 0.15) is 18.5 Å². The predicted molar refractivity (Wildman–Crippen MR) is 89.0 cm³/mol. The number of hydrogen-bond acceptors (Lipinski definition) is 5. The molecule has 1 amide bonds. The molecule has 1 unspecified atom stereocenters. The first-order valence-corrected chi connectivity index (χ1v) is 8.43. The van der Waals surface area contributed by atoms with Crippen LogP contribution in [-0.4, -0.2) is 29.9 Å². The molecular weight excluding hydrogens is 312 g/mol. The molecule has 5 nitrogen and oxygen atoms in total. The molecular formula is C17H18N2O3S. The minimum Gasteiger partial charge on any atom is -0.486 e. The highest BCUT2D eigenvalue weighted by Crippen LogP contribution is 2.32. The van der Waals surface area contributed by atoms with Gasteiger partial charge in [-0.3, -0.25) is 4.79 Å². The van der Waals surface area contributed by atoms with Crippen molar-refractivity contribution in [3.05, 3.63) is 48.2 Å². The van der Waals surface area contributed by atoms with E-state index in [0.717, 1.165) is 22.1 Å². The summed E-state index contributed by atoms with van der Waals surface area (Å²) in [5.74, 6) is 1.80. The van der Waals surface area contributed by atoms with Crippen LogP contribution in [0.4, 0.5) is 0 Å². The van der Waals surface area contributed by atoms with Gasteiger partial charge in [0, 0.05) is 6.20 Å². The Hall–Kier alpha value is -2.21. The number of carbonyl (C=O) groups excluding carboxylic acids is 1. The van der Waals surface area contributed by atoms with E-state index in [1.165, 1.54) is 11.8 Å². The monoisotopic (exact) mass is 330 g/mol. The summed E-state index contributed by atoms with van der Waals surface area (Å²) < 4.78 is 11.1. The van der Waals surface area contributed by atoms with Crippen LogP contribution in [0.2, 0.25) is 0 Å². The van der Waals surface area contributed by atoms with E-state index >= 15 is 0 Å². The van der Waals surface area contributed by atoms with Crippen LogP contribution in [0, 0.1) is 0 Å². The van der Waals surface area contributed by atoms with Gasteiger partial charge in [-0.15, -0.1) is 0 Å². The highest BCUT2D eigenvalue weighted by molar-refractivity contribution is 7.99. The van der Waals surface area contributed by atoms with E-state index in [1.54, 1.807) is 6.20 Å². The van der Waals surface area contributed by atoms with Gasteiger partial charge in [0.25, 0.3) is 0 Å². The Labute approximate surface area is 139 Å². The third-order valence-corrected chi connectivity index (χ3v) is 4.38. The highest BCUT2D eigenvalue weighted by Gasteiger charge is 2.15. The number of carbonyl (C=O) groups is 1. The maximum atomic E-state index is 12.1. The molecule has 23 heavy (non-hydrogen) atoms. The molecule has 2 heterocycles. The van der Waals surface area contributed by atoms with Gasteiger partial charge in [-0.2, -0.15) is 0 Å². The zero-order valence-electron chi connectivity index (χ0n) is 12.8. The minimum absolute atomic E-state index is 0.0250. The van der Waals surface area contributed by atoms with Gasteiger partial charge in [-0.25, -0.2) is 4.98 Å². The van der Waals surface area contributed by atoms with Crippen LogP contribution in [0.15, 0.2) is 47.6 Å². The third kappa shape index (κ3) is 4.16. The predicted octanol–water partition coefficient (Wildman–Crippen LogP) is 2.82. The zero-order chi connectivity index (χ0) is 16.1. The molecule has 0 spiro atoms. The third-order valence-electron chi connectivity index (χ3n) is 3.43. The Morgan fingerprint density at radius 2 is 2.09 bits per heavy atom. The van der Waals surface area contributed by atoms with Gasteiger partial charge >= 0.3 is 0 Å². The van der Waals surface area contributed by atoms with Crippen molar-refractivity contribution < 1.29 is 14.3 Å². The first-order valence-electron chi connectivity index (χ1n) is 7.45. The zero-order valence-corrected chi connectivity index (χ0v) is 13.6. The van der Waals surface area contributed by atoms with Crippen LogP contribution < -0.4 is 14.8 Å². The number of hydrogen-bond donors (Lipinski definition) is 1. The fraction of sp³-hybridized carbons (Fsp3) is 0.294. The SMILES string of the molecule is CC(NC(=O)CSc1ccccn1)c1ccc2c(c1)OCCO2. The van der Waals surface area contributed by atoms with Gasteiger partial charge < -0.3 is 14.8 Å². The van der Waals surface area contributed by atoms with E-state index in [1.807, 2.05) is 43.3 Å². The largest absolute Gasteiger partial charge is 0.486 e. The molecule has 1 aliphatic heterocycles. The Bertz CT molecular complexity index is 679. The van der Waals surface area contributed by atoms with E-state index in [9.17, 15) is 4.79 Å². The highest BCUT2D eigenvalue weighted by atomic mass is 32.2. The molecule has 0 fully saturated rings. The first kappa shape index (κ1) is 15.7. The first-order chi connectivity index (χ1) is 11.2. The number of fused-ring (bicyclic) bond motifs is 1. The van der Waals surface area contributed by atoms with Crippen molar-refractivity contribution in [2.24, 2.45) is 0 Å². The molecule has 1 aliphatic rings. The summed E-state index contributed by atoms with van der Waals surface area (Å²) >= 11 is 1.42. The number of nitrogens with one attached hydrogen (secondary N) is 1. The number of amides is 1. The molecule has 0 saturated heterocycles. The summed E-state index contributed by atoms with van der Waals surface area (Å²) in [4.78, 5) is 16.3. The van der Waals surface area contributed by atoms with Gasteiger partial charge in [-0.1, -0.05) is 23.9 Å². The van der Waals surface area contributed by atoms with E-state index in [4.69, 9.17) is 9.47 Å². The van der Waals surface area contributed by atoms with Crippen molar-refractivity contribution >= 4 is 17.7 Å². The summed E-state index contributed by atoms with van der Waals surface area (Å²) in [6.07, 6.45) is 1.72. The molecule has 2 aromatic rings. The average molecular weight is 330 g/mol. The number of aromatic nitrogens is 1. The summed E-state index contributed by atoms with van der Waals surface area (Å²) in [6, 6.07) is 11.3. The Morgan fingerprint density at radius 3 is 2.87 bits per heavy atom. The molecule has 1 aromatic heterocycles. The van der Waals surface area contributed by atoms with Crippen LogP contribution in [0.3, 0.4) is 0 Å². The lowest BCUT2D eigenvalue weighted by molar-refractivity contribution is -0.119. The number of benzene rings is 1. The Kier molecular flexibility index (Phi) is 5.02. The van der Waals surface area contributed by atoms with Crippen LogP contribution in [-0.2, 0) is 4.79 Å². The van der Waals surface area contributed by atoms with Crippen molar-refractivity contribution in [3.8, 4) is 11.5 Å². The smallest absolute Gasteiger partial charge is 0.230 e. The van der Waals surface area contributed by atoms with E-state index in [0.29, 0.717) is 19.0 Å². The Morgan fingerprint density at radius 1 is 1.26 bits per heavy atom. The second-order valence-corrected chi connectivity index (χ2v) is 6.14. The molecule has 3 rings (SSSR count). The topological polar surface area (TPSA) is 60.5 Å². The molecule has 1 atom stereocenters. The van der Waals surface area contributed by atoms with Crippen molar-refractivity contribution in [1.82, 2.24) is 10.3 Å².